The van der Waals surface area contributed by atoms with E-state index in [4.69, 9.17) is 11.6 Å². The molecule has 0 fully saturated rings. The van der Waals surface area contributed by atoms with Crippen LogP contribution in [0.1, 0.15) is 12.0 Å². The van der Waals surface area contributed by atoms with E-state index in [2.05, 4.69) is 19.0 Å². The van der Waals surface area contributed by atoms with Gasteiger partial charge < -0.3 is 10.1 Å². The Balaban J connectivity index is 2.15. The van der Waals surface area contributed by atoms with E-state index in [0.29, 0.717) is 17.1 Å². The van der Waals surface area contributed by atoms with Gasteiger partial charge in [0.05, 0.1) is 24.9 Å². The molecule has 180 valence electrons. The predicted octanol–water partition coefficient (Wildman–Crippen LogP) is 1.71. The Hall–Kier alpha value is -2.51. The summed E-state index contributed by atoms with van der Waals surface area (Å²) in [5, 5.41) is 2.83. The van der Waals surface area contributed by atoms with Gasteiger partial charge in [-0.2, -0.15) is 13.1 Å². The zero-order valence-corrected chi connectivity index (χ0v) is 20.2. The number of hydrogen-bond acceptors (Lipinski definition) is 8. The fraction of sp³-hybridized carbons (Fsp3) is 0.300. The van der Waals surface area contributed by atoms with Crippen molar-refractivity contribution in [1.29, 1.82) is 0 Å². The van der Waals surface area contributed by atoms with Gasteiger partial charge in [0.1, 0.15) is 6.04 Å². The number of carbonyl (C=O) groups is 2. The van der Waals surface area contributed by atoms with Gasteiger partial charge in [-0.25, -0.2) is 8.42 Å². The molecule has 0 heterocycles. The Morgan fingerprint density at radius 1 is 1.00 bits per heavy atom. The normalized spacial score (nSPS) is 12.7. The smallest absolute Gasteiger partial charge is 0.305 e. The molecule has 0 unspecified atom stereocenters. The summed E-state index contributed by atoms with van der Waals surface area (Å²) in [6.45, 7) is -0.755. The van der Waals surface area contributed by atoms with Crippen LogP contribution in [-0.2, 0) is 45.1 Å². The maximum absolute atomic E-state index is 12.7. The minimum atomic E-state index is -4.19. The number of carbonyl (C=O) groups excluding carboxylic acids is 2. The van der Waals surface area contributed by atoms with Crippen molar-refractivity contribution in [2.24, 2.45) is 0 Å². The summed E-state index contributed by atoms with van der Waals surface area (Å²) < 4.78 is 59.5. The van der Waals surface area contributed by atoms with Crippen LogP contribution in [0.25, 0.3) is 0 Å². The van der Waals surface area contributed by atoms with E-state index in [1.54, 1.807) is 24.3 Å². The number of rotatable bonds is 11. The molecule has 2 aromatic rings. The lowest BCUT2D eigenvalue weighted by Crippen LogP contribution is -2.47. The van der Waals surface area contributed by atoms with E-state index >= 15 is 0 Å². The molecular formula is C20H23ClN2O8S2. The van der Waals surface area contributed by atoms with Crippen LogP contribution in [-0.4, -0.2) is 54.7 Å². The number of methoxy groups -OCH3 is 1. The molecule has 0 aliphatic rings. The molecule has 0 bridgehead atoms. The summed E-state index contributed by atoms with van der Waals surface area (Å²) in [5.41, 5.74) is 1.15. The van der Waals surface area contributed by atoms with Gasteiger partial charge in [-0.3, -0.25) is 13.8 Å². The Morgan fingerprint density at radius 2 is 1.61 bits per heavy atom. The SMILES string of the molecule is COC(=O)CCc1ccc(NC(=O)[C@H](COS(C)(=O)=O)NS(=O)(=O)c2ccc(Cl)cc2)cc1. The third kappa shape index (κ3) is 9.10. The van der Waals surface area contributed by atoms with Gasteiger partial charge >= 0.3 is 5.97 Å². The molecule has 33 heavy (non-hydrogen) atoms. The van der Waals surface area contributed by atoms with Crippen LogP contribution in [0.5, 0.6) is 0 Å². The van der Waals surface area contributed by atoms with Gasteiger partial charge in [0, 0.05) is 17.1 Å². The van der Waals surface area contributed by atoms with Crippen molar-refractivity contribution in [3.05, 3.63) is 59.1 Å². The second kappa shape index (κ2) is 11.6. The van der Waals surface area contributed by atoms with Crippen LogP contribution < -0.4 is 10.0 Å². The first-order valence-electron chi connectivity index (χ1n) is 9.48. The number of anilines is 1. The Labute approximate surface area is 197 Å². The highest BCUT2D eigenvalue weighted by atomic mass is 35.5. The van der Waals surface area contributed by atoms with Gasteiger partial charge in [0.2, 0.25) is 15.9 Å². The zero-order chi connectivity index (χ0) is 24.6. The van der Waals surface area contributed by atoms with Crippen molar-refractivity contribution in [2.75, 3.05) is 25.3 Å². The molecule has 0 saturated carbocycles. The number of esters is 1. The Bertz CT molecular complexity index is 1180. The molecular weight excluding hydrogens is 496 g/mol. The minimum absolute atomic E-state index is 0.168. The number of ether oxygens (including phenoxy) is 1. The van der Waals surface area contributed by atoms with Gasteiger partial charge in [-0.15, -0.1) is 0 Å². The molecule has 0 saturated heterocycles. The molecule has 0 aromatic heterocycles. The molecule has 0 radical (unpaired) electrons. The molecule has 1 amide bonds. The number of amides is 1. The van der Waals surface area contributed by atoms with Crippen LogP contribution in [0, 0.1) is 0 Å². The first kappa shape index (κ1) is 26.7. The zero-order valence-electron chi connectivity index (χ0n) is 17.8. The maximum atomic E-state index is 12.7. The Kier molecular flexibility index (Phi) is 9.37. The molecule has 10 nitrogen and oxygen atoms in total. The standard InChI is InChI=1S/C20H23ClN2O8S2/c1-30-19(24)12-5-14-3-8-16(9-4-14)22-20(25)18(13-31-32(2,26)27)23-33(28,29)17-10-6-15(21)7-11-17/h3-4,6-11,18,23H,5,12-13H2,1-2H3,(H,22,25)/t18-/m0/s1. The van der Waals surface area contributed by atoms with Crippen molar-refractivity contribution >= 4 is 49.3 Å². The molecule has 2 aromatic carbocycles. The number of halogens is 1. The summed E-state index contributed by atoms with van der Waals surface area (Å²) in [5.74, 6) is -1.19. The highest BCUT2D eigenvalue weighted by Gasteiger charge is 2.27. The van der Waals surface area contributed by atoms with E-state index < -0.39 is 38.7 Å². The lowest BCUT2D eigenvalue weighted by atomic mass is 10.1. The highest BCUT2D eigenvalue weighted by Crippen LogP contribution is 2.16. The average molecular weight is 519 g/mol. The number of hydrogen-bond donors (Lipinski definition) is 2. The number of benzene rings is 2. The van der Waals surface area contributed by atoms with Crippen molar-refractivity contribution in [2.45, 2.75) is 23.8 Å². The predicted molar refractivity (Wildman–Crippen MR) is 122 cm³/mol. The molecule has 2 N–H and O–H groups in total. The summed E-state index contributed by atoms with van der Waals surface area (Å²) in [6.07, 6.45) is 1.41. The number of sulfonamides is 1. The van der Waals surface area contributed by atoms with Crippen LogP contribution >= 0.6 is 11.6 Å². The fourth-order valence-electron chi connectivity index (χ4n) is 2.56. The Morgan fingerprint density at radius 3 is 2.15 bits per heavy atom. The van der Waals surface area contributed by atoms with Crippen LogP contribution in [0.4, 0.5) is 5.69 Å². The van der Waals surface area contributed by atoms with Crippen molar-refractivity contribution in [3.63, 3.8) is 0 Å². The molecule has 0 aliphatic carbocycles. The monoisotopic (exact) mass is 518 g/mol. The van der Waals surface area contributed by atoms with E-state index in [0.717, 1.165) is 11.8 Å². The highest BCUT2D eigenvalue weighted by molar-refractivity contribution is 7.89. The summed E-state index contributed by atoms with van der Waals surface area (Å²) in [7, 11) is -6.84. The quantitative estimate of drug-likeness (QED) is 0.338. The van der Waals surface area contributed by atoms with Gasteiger partial charge in [0.25, 0.3) is 10.1 Å². The molecule has 2 rings (SSSR count). The van der Waals surface area contributed by atoms with Crippen molar-refractivity contribution in [3.8, 4) is 0 Å². The third-order valence-corrected chi connectivity index (χ3v) is 6.56. The first-order chi connectivity index (χ1) is 15.4. The van der Waals surface area contributed by atoms with Crippen molar-refractivity contribution < 1.29 is 35.3 Å². The fourth-order valence-corrected chi connectivity index (χ4v) is 4.25. The second-order valence-corrected chi connectivity index (χ2v) is 10.7. The molecule has 0 spiro atoms. The van der Waals surface area contributed by atoms with E-state index in [1.165, 1.54) is 31.4 Å². The lowest BCUT2D eigenvalue weighted by molar-refractivity contribution is -0.140. The topological polar surface area (TPSA) is 145 Å². The molecule has 0 aliphatic heterocycles. The second-order valence-electron chi connectivity index (χ2n) is 6.88. The molecule has 13 heteroatoms. The summed E-state index contributed by atoms with van der Waals surface area (Å²) in [4.78, 5) is 23.8. The molecule has 1 atom stereocenters. The van der Waals surface area contributed by atoms with Gasteiger partial charge in [-0.1, -0.05) is 23.7 Å². The van der Waals surface area contributed by atoms with Gasteiger partial charge in [0.15, 0.2) is 0 Å². The average Bonchev–Trinajstić information content (AvgIpc) is 2.75. The summed E-state index contributed by atoms with van der Waals surface area (Å²) >= 11 is 5.77. The van der Waals surface area contributed by atoms with Crippen LogP contribution in [0.15, 0.2) is 53.4 Å². The number of nitrogens with one attached hydrogen (secondary N) is 2. The van der Waals surface area contributed by atoms with Gasteiger partial charge in [-0.05, 0) is 48.4 Å². The lowest BCUT2D eigenvalue weighted by Gasteiger charge is -2.18. The summed E-state index contributed by atoms with van der Waals surface area (Å²) in [6, 6.07) is 10.1. The van der Waals surface area contributed by atoms with E-state index in [1.807, 2.05) is 0 Å². The first-order valence-corrected chi connectivity index (χ1v) is 13.2. The van der Waals surface area contributed by atoms with Crippen LogP contribution in [0.2, 0.25) is 5.02 Å². The third-order valence-electron chi connectivity index (χ3n) is 4.25. The largest absolute Gasteiger partial charge is 0.469 e. The van der Waals surface area contributed by atoms with Crippen LogP contribution in [0.3, 0.4) is 0 Å². The van der Waals surface area contributed by atoms with E-state index in [9.17, 15) is 26.4 Å². The number of aryl methyl sites for hydroxylation is 1. The van der Waals surface area contributed by atoms with Crippen molar-refractivity contribution in [1.82, 2.24) is 4.72 Å². The maximum Gasteiger partial charge on any atom is 0.305 e. The van der Waals surface area contributed by atoms with E-state index in [-0.39, 0.29) is 17.3 Å². The minimum Gasteiger partial charge on any atom is -0.469 e.